The van der Waals surface area contributed by atoms with E-state index in [-0.39, 0.29) is 0 Å². The van der Waals surface area contributed by atoms with Crippen molar-refractivity contribution in [2.45, 2.75) is 12.8 Å². The van der Waals surface area contributed by atoms with Gasteiger partial charge in [0, 0.05) is 20.3 Å². The van der Waals surface area contributed by atoms with Gasteiger partial charge in [0.1, 0.15) is 0 Å². The lowest BCUT2D eigenvalue weighted by Crippen LogP contribution is -2.30. The molecule has 0 spiro atoms. The summed E-state index contributed by atoms with van der Waals surface area (Å²) < 4.78 is 37.1. The van der Waals surface area contributed by atoms with E-state index in [0.29, 0.717) is 38.1 Å². The van der Waals surface area contributed by atoms with E-state index >= 15 is 0 Å². The first-order chi connectivity index (χ1) is 10.1. The molecule has 0 saturated carbocycles. The Labute approximate surface area is 122 Å². The summed E-state index contributed by atoms with van der Waals surface area (Å²) >= 11 is 0. The average Bonchev–Trinajstić information content (AvgIpc) is 2.43. The third kappa shape index (κ3) is 6.05. The van der Waals surface area contributed by atoms with Crippen molar-refractivity contribution in [2.24, 2.45) is 5.73 Å². The SMILES string of the molecule is COCCCNC(=O)COc1c(F)cc(CCN)cc1F. The van der Waals surface area contributed by atoms with E-state index in [4.69, 9.17) is 15.2 Å². The van der Waals surface area contributed by atoms with Gasteiger partial charge in [-0.1, -0.05) is 0 Å². The zero-order valence-electron chi connectivity index (χ0n) is 12.0. The Morgan fingerprint density at radius 1 is 1.33 bits per heavy atom. The molecule has 0 fully saturated rings. The van der Waals surface area contributed by atoms with Crippen molar-refractivity contribution in [1.82, 2.24) is 5.32 Å². The van der Waals surface area contributed by atoms with Crippen LogP contribution in [0.2, 0.25) is 0 Å². The van der Waals surface area contributed by atoms with Crippen molar-refractivity contribution in [3.63, 3.8) is 0 Å². The van der Waals surface area contributed by atoms with Gasteiger partial charge in [-0.05, 0) is 37.1 Å². The Kier molecular flexibility index (Phi) is 7.63. The topological polar surface area (TPSA) is 73.6 Å². The van der Waals surface area contributed by atoms with E-state index in [1.165, 1.54) is 0 Å². The quantitative estimate of drug-likeness (QED) is 0.667. The zero-order valence-corrected chi connectivity index (χ0v) is 12.0. The lowest BCUT2D eigenvalue weighted by atomic mass is 10.1. The Bertz CT molecular complexity index is 447. The van der Waals surface area contributed by atoms with Crippen molar-refractivity contribution < 1.29 is 23.0 Å². The molecule has 0 bridgehead atoms. The standard InChI is InChI=1S/C14H20F2N2O3/c1-20-6-2-5-18-13(19)9-21-14-11(15)7-10(3-4-17)8-12(14)16/h7-8H,2-6,9,17H2,1H3,(H,18,19). The molecule has 0 aliphatic rings. The molecular formula is C14H20F2N2O3. The molecule has 0 heterocycles. The number of ether oxygens (including phenoxy) is 2. The fourth-order valence-corrected chi connectivity index (χ4v) is 1.69. The van der Waals surface area contributed by atoms with Gasteiger partial charge in [0.15, 0.2) is 24.0 Å². The molecular weight excluding hydrogens is 282 g/mol. The highest BCUT2D eigenvalue weighted by Crippen LogP contribution is 2.23. The largest absolute Gasteiger partial charge is 0.478 e. The van der Waals surface area contributed by atoms with Crippen LogP contribution in [0.25, 0.3) is 0 Å². The van der Waals surface area contributed by atoms with Crippen molar-refractivity contribution in [3.05, 3.63) is 29.3 Å². The van der Waals surface area contributed by atoms with Gasteiger partial charge in [-0.2, -0.15) is 0 Å². The van der Waals surface area contributed by atoms with Crippen LogP contribution >= 0.6 is 0 Å². The number of rotatable bonds is 9. The summed E-state index contributed by atoms with van der Waals surface area (Å²) in [6.07, 6.45) is 1.02. The normalized spacial score (nSPS) is 10.5. The number of halogens is 2. The minimum absolute atomic E-state index is 0.295. The smallest absolute Gasteiger partial charge is 0.257 e. The molecule has 0 aromatic heterocycles. The van der Waals surface area contributed by atoms with Crippen molar-refractivity contribution >= 4 is 5.91 Å². The lowest BCUT2D eigenvalue weighted by Gasteiger charge is -2.10. The molecule has 1 aromatic carbocycles. The van der Waals surface area contributed by atoms with Crippen LogP contribution in [0.3, 0.4) is 0 Å². The summed E-state index contributed by atoms with van der Waals surface area (Å²) in [5.74, 6) is -2.69. The number of carbonyl (C=O) groups excluding carboxylic acids is 1. The van der Waals surface area contributed by atoms with Crippen molar-refractivity contribution in [1.29, 1.82) is 0 Å². The molecule has 0 aliphatic heterocycles. The molecule has 1 aromatic rings. The highest BCUT2D eigenvalue weighted by atomic mass is 19.1. The van der Waals surface area contributed by atoms with Crippen LogP contribution in [-0.4, -0.2) is 39.3 Å². The van der Waals surface area contributed by atoms with Gasteiger partial charge in [-0.25, -0.2) is 8.78 Å². The first kappa shape index (κ1) is 17.3. The first-order valence-corrected chi connectivity index (χ1v) is 6.65. The third-order valence-electron chi connectivity index (χ3n) is 2.69. The number of carbonyl (C=O) groups is 1. The number of nitrogens with one attached hydrogen (secondary N) is 1. The number of benzene rings is 1. The fraction of sp³-hybridized carbons (Fsp3) is 0.500. The second kappa shape index (κ2) is 9.25. The van der Waals surface area contributed by atoms with Crippen LogP contribution in [0.4, 0.5) is 8.78 Å². The molecule has 0 atom stereocenters. The van der Waals surface area contributed by atoms with Crippen molar-refractivity contribution in [2.75, 3.05) is 33.4 Å². The van der Waals surface area contributed by atoms with Gasteiger partial charge in [0.05, 0.1) is 0 Å². The Morgan fingerprint density at radius 2 is 2.00 bits per heavy atom. The first-order valence-electron chi connectivity index (χ1n) is 6.65. The molecule has 21 heavy (non-hydrogen) atoms. The summed E-state index contributed by atoms with van der Waals surface area (Å²) in [6, 6.07) is 2.31. The number of hydrogen-bond donors (Lipinski definition) is 2. The lowest BCUT2D eigenvalue weighted by molar-refractivity contribution is -0.123. The molecule has 0 unspecified atom stereocenters. The number of nitrogens with two attached hydrogens (primary N) is 1. The van der Waals surface area contributed by atoms with Crippen LogP contribution in [-0.2, 0) is 16.0 Å². The van der Waals surface area contributed by atoms with Crippen molar-refractivity contribution in [3.8, 4) is 5.75 Å². The highest BCUT2D eigenvalue weighted by Gasteiger charge is 2.14. The van der Waals surface area contributed by atoms with Crippen LogP contribution in [0.1, 0.15) is 12.0 Å². The maximum atomic E-state index is 13.7. The number of methoxy groups -OCH3 is 1. The van der Waals surface area contributed by atoms with Crippen LogP contribution in [0, 0.1) is 11.6 Å². The third-order valence-corrected chi connectivity index (χ3v) is 2.69. The summed E-state index contributed by atoms with van der Waals surface area (Å²) in [5.41, 5.74) is 5.78. The molecule has 0 aliphatic carbocycles. The summed E-state index contributed by atoms with van der Waals surface area (Å²) in [5, 5.41) is 2.55. The summed E-state index contributed by atoms with van der Waals surface area (Å²) in [6.45, 7) is 0.781. The Hall–Kier alpha value is -1.73. The molecule has 1 rings (SSSR count). The second-order valence-electron chi connectivity index (χ2n) is 4.41. The molecule has 0 saturated heterocycles. The van der Waals surface area contributed by atoms with E-state index in [9.17, 15) is 13.6 Å². The fourth-order valence-electron chi connectivity index (χ4n) is 1.69. The van der Waals surface area contributed by atoms with Gasteiger partial charge < -0.3 is 20.5 Å². The molecule has 0 radical (unpaired) electrons. The molecule has 1 amide bonds. The average molecular weight is 302 g/mol. The molecule has 118 valence electrons. The maximum Gasteiger partial charge on any atom is 0.257 e. The van der Waals surface area contributed by atoms with Crippen LogP contribution in [0.15, 0.2) is 12.1 Å². The van der Waals surface area contributed by atoms with Gasteiger partial charge in [0.2, 0.25) is 0 Å². The maximum absolute atomic E-state index is 13.7. The summed E-state index contributed by atoms with van der Waals surface area (Å²) in [4.78, 5) is 11.4. The zero-order chi connectivity index (χ0) is 15.7. The monoisotopic (exact) mass is 302 g/mol. The molecule has 5 nitrogen and oxygen atoms in total. The van der Waals surface area contributed by atoms with Crippen LogP contribution < -0.4 is 15.8 Å². The van der Waals surface area contributed by atoms with Gasteiger partial charge in [-0.3, -0.25) is 4.79 Å². The van der Waals surface area contributed by atoms with E-state index in [0.717, 1.165) is 12.1 Å². The predicted molar refractivity (Wildman–Crippen MR) is 74.1 cm³/mol. The van der Waals surface area contributed by atoms with Gasteiger partial charge >= 0.3 is 0 Å². The van der Waals surface area contributed by atoms with E-state index < -0.39 is 29.9 Å². The highest BCUT2D eigenvalue weighted by molar-refractivity contribution is 5.77. The number of hydrogen-bond acceptors (Lipinski definition) is 4. The predicted octanol–water partition coefficient (Wildman–Crippen LogP) is 0.997. The van der Waals surface area contributed by atoms with E-state index in [1.54, 1.807) is 7.11 Å². The summed E-state index contributed by atoms with van der Waals surface area (Å²) in [7, 11) is 1.56. The van der Waals surface area contributed by atoms with E-state index in [1.807, 2.05) is 0 Å². The minimum atomic E-state index is -0.842. The van der Waals surface area contributed by atoms with Crippen LogP contribution in [0.5, 0.6) is 5.75 Å². The van der Waals surface area contributed by atoms with E-state index in [2.05, 4.69) is 5.32 Å². The second-order valence-corrected chi connectivity index (χ2v) is 4.41. The van der Waals surface area contributed by atoms with Gasteiger partial charge in [-0.15, -0.1) is 0 Å². The molecule has 7 heteroatoms. The molecule has 3 N–H and O–H groups in total. The number of amides is 1. The Morgan fingerprint density at radius 3 is 2.57 bits per heavy atom. The minimum Gasteiger partial charge on any atom is -0.478 e. The Balaban J connectivity index is 2.49. The van der Waals surface area contributed by atoms with Gasteiger partial charge in [0.25, 0.3) is 5.91 Å².